The molecule has 1 aromatic heterocycles. The van der Waals surface area contributed by atoms with Gasteiger partial charge in [-0.2, -0.15) is 0 Å². The molecule has 1 amide bonds. The Morgan fingerprint density at radius 3 is 2.38 bits per heavy atom. The fourth-order valence-corrected chi connectivity index (χ4v) is 2.92. The maximum Gasteiger partial charge on any atom is 0.258 e. The van der Waals surface area contributed by atoms with Gasteiger partial charge in [0.2, 0.25) is 5.95 Å². The topological polar surface area (TPSA) is 76.1 Å². The normalized spacial score (nSPS) is 10.7. The van der Waals surface area contributed by atoms with E-state index in [1.165, 1.54) is 18.0 Å². The Bertz CT molecular complexity index is 967. The molecule has 6 nitrogen and oxygen atoms in total. The second-order valence-electron chi connectivity index (χ2n) is 7.03. The molecular formula is C23H26N4O2. The molecule has 0 unspecified atom stereocenters. The second-order valence-corrected chi connectivity index (χ2v) is 7.03. The van der Waals surface area contributed by atoms with Crippen LogP contribution in [-0.2, 0) is 6.42 Å². The summed E-state index contributed by atoms with van der Waals surface area (Å²) in [6, 6.07) is 13.4. The molecule has 2 N–H and O–H groups in total. The van der Waals surface area contributed by atoms with E-state index in [-0.39, 0.29) is 12.0 Å². The Hall–Kier alpha value is -3.41. The van der Waals surface area contributed by atoms with E-state index in [9.17, 15) is 4.79 Å². The summed E-state index contributed by atoms with van der Waals surface area (Å²) >= 11 is 0. The van der Waals surface area contributed by atoms with Crippen LogP contribution in [0, 0.1) is 6.92 Å². The summed E-state index contributed by atoms with van der Waals surface area (Å²) in [6.45, 7) is 8.09. The Balaban J connectivity index is 1.66. The van der Waals surface area contributed by atoms with Crippen molar-refractivity contribution >= 4 is 23.2 Å². The Kier molecular flexibility index (Phi) is 6.44. The van der Waals surface area contributed by atoms with E-state index in [1.807, 2.05) is 45.0 Å². The van der Waals surface area contributed by atoms with Gasteiger partial charge in [0.1, 0.15) is 5.75 Å². The van der Waals surface area contributed by atoms with Gasteiger partial charge in [-0.05, 0) is 62.6 Å². The summed E-state index contributed by atoms with van der Waals surface area (Å²) < 4.78 is 5.61. The first kappa shape index (κ1) is 20.3. The summed E-state index contributed by atoms with van der Waals surface area (Å²) in [4.78, 5) is 21.1. The lowest BCUT2D eigenvalue weighted by Gasteiger charge is -2.13. The van der Waals surface area contributed by atoms with Crippen molar-refractivity contribution in [3.63, 3.8) is 0 Å². The van der Waals surface area contributed by atoms with Gasteiger partial charge in [0.15, 0.2) is 0 Å². The molecule has 6 heteroatoms. The van der Waals surface area contributed by atoms with E-state index in [4.69, 9.17) is 4.74 Å². The number of carbonyl (C=O) groups excluding carboxylic acids is 1. The van der Waals surface area contributed by atoms with E-state index >= 15 is 0 Å². The van der Waals surface area contributed by atoms with Crippen LogP contribution in [0.3, 0.4) is 0 Å². The Morgan fingerprint density at radius 2 is 1.76 bits per heavy atom. The number of aryl methyl sites for hydroxylation is 2. The molecule has 0 fully saturated rings. The number of nitrogens with one attached hydrogen (secondary N) is 2. The van der Waals surface area contributed by atoms with Crippen molar-refractivity contribution in [2.45, 2.75) is 40.2 Å². The summed E-state index contributed by atoms with van der Waals surface area (Å²) in [7, 11) is 0. The molecule has 3 aromatic rings. The van der Waals surface area contributed by atoms with E-state index < -0.39 is 0 Å². The van der Waals surface area contributed by atoms with Crippen LogP contribution in [0.25, 0.3) is 0 Å². The largest absolute Gasteiger partial charge is 0.491 e. The molecule has 0 aliphatic heterocycles. The van der Waals surface area contributed by atoms with Crippen LogP contribution in [0.1, 0.15) is 42.3 Å². The van der Waals surface area contributed by atoms with Crippen molar-refractivity contribution in [1.29, 1.82) is 0 Å². The molecule has 0 saturated heterocycles. The minimum Gasteiger partial charge on any atom is -0.491 e. The Morgan fingerprint density at radius 1 is 1.07 bits per heavy atom. The van der Waals surface area contributed by atoms with Gasteiger partial charge in [-0.25, -0.2) is 9.97 Å². The highest BCUT2D eigenvalue weighted by Crippen LogP contribution is 2.24. The van der Waals surface area contributed by atoms with Crippen molar-refractivity contribution in [3.05, 3.63) is 71.5 Å². The fourth-order valence-electron chi connectivity index (χ4n) is 2.92. The number of amides is 1. The van der Waals surface area contributed by atoms with Gasteiger partial charge in [-0.15, -0.1) is 0 Å². The lowest BCUT2D eigenvalue weighted by molar-refractivity contribution is 0.102. The number of para-hydroxylation sites is 1. The predicted octanol–water partition coefficient (Wildman–Crippen LogP) is 5.13. The lowest BCUT2D eigenvalue weighted by Crippen LogP contribution is -2.13. The third kappa shape index (κ3) is 5.31. The van der Waals surface area contributed by atoms with Gasteiger partial charge in [-0.3, -0.25) is 4.79 Å². The molecule has 3 rings (SSSR count). The van der Waals surface area contributed by atoms with E-state index in [0.29, 0.717) is 17.2 Å². The minimum atomic E-state index is -0.265. The zero-order chi connectivity index (χ0) is 20.8. The Labute approximate surface area is 171 Å². The van der Waals surface area contributed by atoms with Gasteiger partial charge < -0.3 is 15.4 Å². The molecule has 2 aromatic carbocycles. The standard InChI is InChI=1S/C23H26N4O2/c1-5-17-8-6-7-16(4)21(17)27-23-24-13-18(14-25-23)22(28)26-19-9-11-20(12-10-19)29-15(2)3/h6-15H,5H2,1-4H3,(H,26,28)(H,24,25,27). The first-order valence-electron chi connectivity index (χ1n) is 9.72. The minimum absolute atomic E-state index is 0.104. The number of aromatic nitrogens is 2. The van der Waals surface area contributed by atoms with Crippen molar-refractivity contribution in [3.8, 4) is 5.75 Å². The molecule has 0 saturated carbocycles. The van der Waals surface area contributed by atoms with Crippen LogP contribution in [0.4, 0.5) is 17.3 Å². The van der Waals surface area contributed by atoms with E-state index in [0.717, 1.165) is 23.4 Å². The molecule has 0 atom stereocenters. The van der Waals surface area contributed by atoms with Gasteiger partial charge in [0.25, 0.3) is 5.91 Å². The number of rotatable bonds is 7. The number of ether oxygens (including phenoxy) is 1. The molecule has 0 bridgehead atoms. The van der Waals surface area contributed by atoms with Crippen molar-refractivity contribution in [2.24, 2.45) is 0 Å². The average Bonchev–Trinajstić information content (AvgIpc) is 2.71. The molecule has 1 heterocycles. The van der Waals surface area contributed by atoms with Crippen molar-refractivity contribution < 1.29 is 9.53 Å². The van der Waals surface area contributed by atoms with Crippen molar-refractivity contribution in [1.82, 2.24) is 9.97 Å². The zero-order valence-electron chi connectivity index (χ0n) is 17.2. The highest BCUT2D eigenvalue weighted by Gasteiger charge is 2.10. The van der Waals surface area contributed by atoms with Crippen molar-refractivity contribution in [2.75, 3.05) is 10.6 Å². The highest BCUT2D eigenvalue weighted by molar-refractivity contribution is 6.03. The summed E-state index contributed by atoms with van der Waals surface area (Å²) in [5, 5.41) is 6.10. The first-order chi connectivity index (χ1) is 14.0. The van der Waals surface area contributed by atoms with Crippen LogP contribution in [0.15, 0.2) is 54.9 Å². The van der Waals surface area contributed by atoms with Crippen LogP contribution in [0.2, 0.25) is 0 Å². The molecule has 29 heavy (non-hydrogen) atoms. The number of anilines is 3. The van der Waals surface area contributed by atoms with Crippen LogP contribution in [-0.4, -0.2) is 22.0 Å². The van der Waals surface area contributed by atoms with Gasteiger partial charge in [0.05, 0.1) is 11.7 Å². The number of benzene rings is 2. The molecule has 0 aliphatic carbocycles. The maximum atomic E-state index is 12.5. The highest BCUT2D eigenvalue weighted by atomic mass is 16.5. The smallest absolute Gasteiger partial charge is 0.258 e. The molecule has 0 radical (unpaired) electrons. The number of carbonyl (C=O) groups is 1. The van der Waals surface area contributed by atoms with Crippen LogP contribution < -0.4 is 15.4 Å². The lowest BCUT2D eigenvalue weighted by atomic mass is 10.1. The predicted molar refractivity (Wildman–Crippen MR) is 116 cm³/mol. The van der Waals surface area contributed by atoms with Gasteiger partial charge in [-0.1, -0.05) is 25.1 Å². The summed E-state index contributed by atoms with van der Waals surface area (Å²) in [6.07, 6.45) is 4.05. The fraction of sp³-hybridized carbons (Fsp3) is 0.261. The molecular weight excluding hydrogens is 364 g/mol. The summed E-state index contributed by atoms with van der Waals surface area (Å²) in [5.74, 6) is 0.958. The van der Waals surface area contributed by atoms with Gasteiger partial charge in [0, 0.05) is 23.8 Å². The molecule has 150 valence electrons. The van der Waals surface area contributed by atoms with Crippen LogP contribution >= 0.6 is 0 Å². The third-order valence-corrected chi connectivity index (χ3v) is 4.37. The maximum absolute atomic E-state index is 12.5. The SMILES string of the molecule is CCc1cccc(C)c1Nc1ncc(C(=O)Nc2ccc(OC(C)C)cc2)cn1. The monoisotopic (exact) mass is 390 g/mol. The number of hydrogen-bond donors (Lipinski definition) is 2. The molecule has 0 spiro atoms. The van der Waals surface area contributed by atoms with Crippen LogP contribution in [0.5, 0.6) is 5.75 Å². The summed E-state index contributed by atoms with van der Waals surface area (Å²) in [5.41, 5.74) is 4.40. The van der Waals surface area contributed by atoms with E-state index in [1.54, 1.807) is 12.1 Å². The average molecular weight is 390 g/mol. The number of nitrogens with zero attached hydrogens (tertiary/aromatic N) is 2. The van der Waals surface area contributed by atoms with E-state index in [2.05, 4.69) is 33.6 Å². The number of hydrogen-bond acceptors (Lipinski definition) is 5. The second kappa shape index (κ2) is 9.19. The molecule has 0 aliphatic rings. The first-order valence-corrected chi connectivity index (χ1v) is 9.72. The third-order valence-electron chi connectivity index (χ3n) is 4.37. The van der Waals surface area contributed by atoms with Gasteiger partial charge >= 0.3 is 0 Å². The zero-order valence-corrected chi connectivity index (χ0v) is 17.2. The quantitative estimate of drug-likeness (QED) is 0.585.